The highest BCUT2D eigenvalue weighted by molar-refractivity contribution is 14.1. The molecule has 0 fully saturated rings. The van der Waals surface area contributed by atoms with Gasteiger partial charge in [0.2, 0.25) is 0 Å². The van der Waals surface area contributed by atoms with Gasteiger partial charge in [-0.1, -0.05) is 23.7 Å². The van der Waals surface area contributed by atoms with E-state index < -0.39 is 0 Å². The fourth-order valence-corrected chi connectivity index (χ4v) is 4.00. The number of benzene rings is 2. The lowest BCUT2D eigenvalue weighted by molar-refractivity contribution is 0.302. The Kier molecular flexibility index (Phi) is 7.31. The first-order valence-electron chi connectivity index (χ1n) is 6.40. The molecule has 0 aromatic heterocycles. The third kappa shape index (κ3) is 6.05. The SMILES string of the molecule is NC(=S)N/N=C\c1cc(I)c(OCc2ccc(Cl)cc2)c(I)c1. The molecule has 0 spiro atoms. The number of hydrazone groups is 1. The molecule has 0 saturated heterocycles. The van der Waals surface area contributed by atoms with Crippen LogP contribution in [0.4, 0.5) is 0 Å². The number of rotatable bonds is 5. The van der Waals surface area contributed by atoms with Crippen LogP contribution in [-0.4, -0.2) is 11.3 Å². The molecule has 0 atom stereocenters. The third-order valence-corrected chi connectivity index (χ3v) is 4.65. The first-order chi connectivity index (χ1) is 11.0. The first kappa shape index (κ1) is 18.7. The highest BCUT2D eigenvalue weighted by Gasteiger charge is 2.09. The Morgan fingerprint density at radius 1 is 1.26 bits per heavy atom. The number of nitrogens with zero attached hydrogens (tertiary/aromatic N) is 1. The quantitative estimate of drug-likeness (QED) is 0.243. The van der Waals surface area contributed by atoms with Crippen molar-refractivity contribution in [2.75, 3.05) is 0 Å². The standard InChI is InChI=1S/C15H12ClI2N3OS/c16-11-3-1-9(2-4-11)8-22-14-12(17)5-10(6-13(14)18)7-20-21-15(19)23/h1-7H,8H2,(H3,19,21,23)/b20-7-. The van der Waals surface area contributed by atoms with Gasteiger partial charge < -0.3 is 10.5 Å². The summed E-state index contributed by atoms with van der Waals surface area (Å²) in [4.78, 5) is 0. The molecule has 0 amide bonds. The van der Waals surface area contributed by atoms with Crippen molar-refractivity contribution >= 4 is 80.3 Å². The van der Waals surface area contributed by atoms with Crippen LogP contribution in [0.5, 0.6) is 5.75 Å². The molecule has 0 aliphatic heterocycles. The largest absolute Gasteiger partial charge is 0.487 e. The Balaban J connectivity index is 2.09. The highest BCUT2D eigenvalue weighted by atomic mass is 127. The van der Waals surface area contributed by atoms with Gasteiger partial charge in [-0.2, -0.15) is 5.10 Å². The molecule has 23 heavy (non-hydrogen) atoms. The number of halogens is 3. The van der Waals surface area contributed by atoms with E-state index >= 15 is 0 Å². The fraction of sp³-hybridized carbons (Fsp3) is 0.0667. The second kappa shape index (κ2) is 9.00. The van der Waals surface area contributed by atoms with Crippen molar-refractivity contribution in [3.8, 4) is 5.75 Å². The topological polar surface area (TPSA) is 59.6 Å². The molecule has 3 N–H and O–H groups in total. The molecule has 0 heterocycles. The van der Waals surface area contributed by atoms with Crippen molar-refractivity contribution < 1.29 is 4.74 Å². The van der Waals surface area contributed by atoms with E-state index in [1.165, 1.54) is 0 Å². The number of hydrogen-bond acceptors (Lipinski definition) is 3. The number of thiocarbonyl (C=S) groups is 1. The van der Waals surface area contributed by atoms with Crippen molar-refractivity contribution in [1.29, 1.82) is 0 Å². The molecule has 4 nitrogen and oxygen atoms in total. The van der Waals surface area contributed by atoms with Crippen LogP contribution in [0, 0.1) is 7.14 Å². The molecule has 8 heteroatoms. The van der Waals surface area contributed by atoms with Crippen LogP contribution in [-0.2, 0) is 6.61 Å². The van der Waals surface area contributed by atoms with Gasteiger partial charge in [0, 0.05) is 5.02 Å². The van der Waals surface area contributed by atoms with Gasteiger partial charge in [0.05, 0.1) is 13.4 Å². The van der Waals surface area contributed by atoms with Gasteiger partial charge >= 0.3 is 0 Å². The first-order valence-corrected chi connectivity index (χ1v) is 9.35. The normalized spacial score (nSPS) is 10.7. The molecular formula is C15H12ClI2N3OS. The summed E-state index contributed by atoms with van der Waals surface area (Å²) in [6.07, 6.45) is 1.66. The lowest BCUT2D eigenvalue weighted by Gasteiger charge is -2.11. The van der Waals surface area contributed by atoms with Gasteiger partial charge in [-0.05, 0) is 92.8 Å². The Morgan fingerprint density at radius 3 is 2.43 bits per heavy atom. The molecular weight excluding hydrogens is 560 g/mol. The summed E-state index contributed by atoms with van der Waals surface area (Å²) in [5.41, 5.74) is 9.84. The summed E-state index contributed by atoms with van der Waals surface area (Å²) >= 11 is 15.1. The summed E-state index contributed by atoms with van der Waals surface area (Å²) < 4.78 is 7.93. The molecule has 0 aliphatic rings. The summed E-state index contributed by atoms with van der Waals surface area (Å²) in [5, 5.41) is 4.80. The third-order valence-electron chi connectivity index (χ3n) is 2.71. The lowest BCUT2D eigenvalue weighted by Crippen LogP contribution is -2.24. The Morgan fingerprint density at radius 2 is 1.87 bits per heavy atom. The predicted octanol–water partition coefficient (Wildman–Crippen LogP) is 4.30. The Labute approximate surface area is 172 Å². The lowest BCUT2D eigenvalue weighted by atomic mass is 10.2. The summed E-state index contributed by atoms with van der Waals surface area (Å²) in [7, 11) is 0. The van der Waals surface area contributed by atoms with Crippen molar-refractivity contribution in [3.63, 3.8) is 0 Å². The van der Waals surface area contributed by atoms with Gasteiger partial charge in [0.15, 0.2) is 5.11 Å². The summed E-state index contributed by atoms with van der Waals surface area (Å²) in [6, 6.07) is 11.6. The van der Waals surface area contributed by atoms with Crippen LogP contribution in [0.3, 0.4) is 0 Å². The van der Waals surface area contributed by atoms with Crippen molar-refractivity contribution in [2.45, 2.75) is 6.61 Å². The minimum absolute atomic E-state index is 0.133. The van der Waals surface area contributed by atoms with E-state index in [9.17, 15) is 0 Å². The van der Waals surface area contributed by atoms with Crippen LogP contribution >= 0.6 is 69.0 Å². The maximum Gasteiger partial charge on any atom is 0.184 e. The average Bonchev–Trinajstić information content (AvgIpc) is 2.48. The van der Waals surface area contributed by atoms with Gasteiger partial charge in [-0.15, -0.1) is 0 Å². The summed E-state index contributed by atoms with van der Waals surface area (Å²) in [5.74, 6) is 0.848. The smallest absolute Gasteiger partial charge is 0.184 e. The second-order valence-electron chi connectivity index (χ2n) is 4.46. The molecule has 0 saturated carbocycles. The van der Waals surface area contributed by atoms with Crippen molar-refractivity contribution in [2.24, 2.45) is 10.8 Å². The maximum atomic E-state index is 5.93. The molecule has 2 aromatic rings. The van der Waals surface area contributed by atoms with E-state index in [0.717, 1.165) is 24.0 Å². The van der Waals surface area contributed by atoms with Crippen LogP contribution in [0.2, 0.25) is 5.02 Å². The minimum atomic E-state index is 0.133. The zero-order valence-corrected chi connectivity index (χ0v) is 17.6. The second-order valence-corrected chi connectivity index (χ2v) is 7.66. The van der Waals surface area contributed by atoms with Crippen molar-refractivity contribution in [3.05, 3.63) is 59.7 Å². The average molecular weight is 572 g/mol. The van der Waals surface area contributed by atoms with Gasteiger partial charge in [-0.3, -0.25) is 5.43 Å². The number of hydrogen-bond donors (Lipinski definition) is 2. The van der Waals surface area contributed by atoms with E-state index in [1.54, 1.807) is 6.21 Å². The summed E-state index contributed by atoms with van der Waals surface area (Å²) in [6.45, 7) is 0.486. The van der Waals surface area contributed by atoms with E-state index in [0.29, 0.717) is 11.6 Å². The van der Waals surface area contributed by atoms with Crippen molar-refractivity contribution in [1.82, 2.24) is 5.43 Å². The van der Waals surface area contributed by atoms with E-state index in [-0.39, 0.29) is 5.11 Å². The fourth-order valence-electron chi connectivity index (χ4n) is 1.70. The molecule has 0 unspecified atom stereocenters. The molecule has 2 rings (SSSR count). The number of ether oxygens (including phenoxy) is 1. The maximum absolute atomic E-state index is 5.93. The van der Waals surface area contributed by atoms with Crippen LogP contribution in [0.15, 0.2) is 41.5 Å². The molecule has 0 radical (unpaired) electrons. The number of nitrogens with two attached hydrogens (primary N) is 1. The Hall–Kier alpha value is -0.650. The van der Waals surface area contributed by atoms with Gasteiger partial charge in [0.25, 0.3) is 0 Å². The molecule has 0 bridgehead atoms. The van der Waals surface area contributed by atoms with Crippen LogP contribution in [0.1, 0.15) is 11.1 Å². The predicted molar refractivity (Wildman–Crippen MR) is 115 cm³/mol. The number of nitrogens with one attached hydrogen (secondary N) is 1. The highest BCUT2D eigenvalue weighted by Crippen LogP contribution is 2.29. The van der Waals surface area contributed by atoms with Crippen LogP contribution < -0.4 is 15.9 Å². The van der Waals surface area contributed by atoms with E-state index in [1.807, 2.05) is 36.4 Å². The molecule has 2 aromatic carbocycles. The van der Waals surface area contributed by atoms with Gasteiger partial charge in [0.1, 0.15) is 12.4 Å². The Bertz CT molecular complexity index is 715. The van der Waals surface area contributed by atoms with E-state index in [2.05, 4.69) is 55.7 Å². The minimum Gasteiger partial charge on any atom is -0.487 e. The van der Waals surface area contributed by atoms with Crippen LogP contribution in [0.25, 0.3) is 0 Å². The van der Waals surface area contributed by atoms with Gasteiger partial charge in [-0.25, -0.2) is 0 Å². The molecule has 0 aliphatic carbocycles. The van der Waals surface area contributed by atoms with E-state index in [4.69, 9.17) is 34.3 Å². The zero-order chi connectivity index (χ0) is 16.8. The zero-order valence-electron chi connectivity index (χ0n) is 11.7. The monoisotopic (exact) mass is 571 g/mol. The molecule has 120 valence electrons.